The van der Waals surface area contributed by atoms with Crippen molar-refractivity contribution in [3.8, 4) is 0 Å². The normalized spacial score (nSPS) is 14.3. The molecule has 0 fully saturated rings. The number of hydrogen-bond donors (Lipinski definition) is 0. The first kappa shape index (κ1) is 19.0. The van der Waals surface area contributed by atoms with E-state index in [4.69, 9.17) is 6.11 Å². The number of rotatable bonds is 8. The number of ether oxygens (including phenoxy) is 1. The van der Waals surface area contributed by atoms with E-state index >= 15 is 0 Å². The Morgan fingerprint density at radius 3 is 2.65 bits per heavy atom. The van der Waals surface area contributed by atoms with Gasteiger partial charge in [-0.3, -0.25) is 4.98 Å². The maximum Gasteiger partial charge on any atom is 0.396 e. The Labute approximate surface area is 152 Å². The number of hydrogen-bond acceptors (Lipinski definition) is 3. The van der Waals surface area contributed by atoms with Gasteiger partial charge in [-0.15, -0.1) is 0 Å². The first-order valence-electron chi connectivity index (χ1n) is 8.76. The minimum Gasteiger partial charge on any atom is -0.361 e. The van der Waals surface area contributed by atoms with Crippen molar-refractivity contribution < 1.29 is 23.7 Å². The standard InChI is InChI=1S/C17H23F4N3OSi/c1-26(2,3)7-6-25-12-24-11-14(23-16(24)9-17(19,20)21)8-13-4-5-22-10-15(13)18/h4-5,10-11H,6-9,12H2,1-3H3/i9D. The first-order valence-corrected chi connectivity index (χ1v) is 11.9. The molecule has 2 rings (SSSR count). The van der Waals surface area contributed by atoms with Crippen molar-refractivity contribution in [2.24, 2.45) is 0 Å². The Kier molecular flexibility index (Phi) is 6.07. The Morgan fingerprint density at radius 2 is 2.04 bits per heavy atom. The van der Waals surface area contributed by atoms with Crippen LogP contribution in [0.2, 0.25) is 25.7 Å². The summed E-state index contributed by atoms with van der Waals surface area (Å²) in [4.78, 5) is 7.58. The van der Waals surface area contributed by atoms with Crippen LogP contribution >= 0.6 is 0 Å². The van der Waals surface area contributed by atoms with Gasteiger partial charge in [0.15, 0.2) is 0 Å². The molecule has 0 spiro atoms. The molecule has 0 amide bonds. The molecule has 0 saturated carbocycles. The summed E-state index contributed by atoms with van der Waals surface area (Å²) in [5.41, 5.74) is 0.514. The Hall–Kier alpha value is -1.74. The van der Waals surface area contributed by atoms with Gasteiger partial charge in [0, 0.05) is 34.9 Å². The van der Waals surface area contributed by atoms with E-state index in [1.54, 1.807) is 0 Å². The van der Waals surface area contributed by atoms with Gasteiger partial charge in [0.1, 0.15) is 24.8 Å². The molecule has 2 heterocycles. The molecule has 4 nitrogen and oxygen atoms in total. The van der Waals surface area contributed by atoms with Crippen LogP contribution in [0.15, 0.2) is 24.7 Å². The molecule has 26 heavy (non-hydrogen) atoms. The zero-order valence-electron chi connectivity index (χ0n) is 16.0. The SMILES string of the molecule is [2H]C(c1nc(Cc2ccncc2F)cn1COCC[Si](C)(C)C)C(F)(F)F. The molecule has 2 aromatic rings. The number of halogens is 4. The summed E-state index contributed by atoms with van der Waals surface area (Å²) < 4.78 is 67.0. The second kappa shape index (κ2) is 8.30. The predicted octanol–water partition coefficient (Wildman–Crippen LogP) is 4.43. The number of pyridine rings is 1. The molecule has 0 aliphatic carbocycles. The van der Waals surface area contributed by atoms with Crippen LogP contribution in [0.4, 0.5) is 17.6 Å². The van der Waals surface area contributed by atoms with Gasteiger partial charge in [-0.1, -0.05) is 19.6 Å². The molecule has 9 heteroatoms. The van der Waals surface area contributed by atoms with Crippen molar-refractivity contribution in [1.29, 1.82) is 0 Å². The quantitative estimate of drug-likeness (QED) is 0.380. The van der Waals surface area contributed by atoms with Crippen LogP contribution in [0, 0.1) is 5.82 Å². The van der Waals surface area contributed by atoms with Crippen molar-refractivity contribution >= 4 is 8.07 Å². The summed E-state index contributed by atoms with van der Waals surface area (Å²) >= 11 is 0. The van der Waals surface area contributed by atoms with Gasteiger partial charge in [-0.25, -0.2) is 9.37 Å². The molecule has 2 aromatic heterocycles. The highest BCUT2D eigenvalue weighted by atomic mass is 28.3. The Balaban J connectivity index is 2.19. The van der Waals surface area contributed by atoms with Crippen molar-refractivity contribution in [1.82, 2.24) is 14.5 Å². The van der Waals surface area contributed by atoms with Crippen LogP contribution in [0.5, 0.6) is 0 Å². The van der Waals surface area contributed by atoms with Crippen LogP contribution in [0.1, 0.15) is 18.5 Å². The monoisotopic (exact) mass is 390 g/mol. The lowest BCUT2D eigenvalue weighted by atomic mass is 10.1. The van der Waals surface area contributed by atoms with E-state index in [0.717, 1.165) is 12.2 Å². The highest BCUT2D eigenvalue weighted by molar-refractivity contribution is 6.76. The molecule has 1 unspecified atom stereocenters. The minimum absolute atomic E-state index is 0.00777. The van der Waals surface area contributed by atoms with E-state index in [-0.39, 0.29) is 24.4 Å². The lowest BCUT2D eigenvalue weighted by Crippen LogP contribution is -2.22. The number of imidazole rings is 1. The maximum absolute atomic E-state index is 13.8. The number of alkyl halides is 3. The second-order valence-electron chi connectivity index (χ2n) is 7.24. The fourth-order valence-electron chi connectivity index (χ4n) is 2.22. The largest absolute Gasteiger partial charge is 0.396 e. The molecule has 0 radical (unpaired) electrons. The summed E-state index contributed by atoms with van der Waals surface area (Å²) in [6.45, 7) is 6.81. The third-order valence-corrected chi connectivity index (χ3v) is 5.31. The van der Waals surface area contributed by atoms with E-state index in [9.17, 15) is 17.6 Å². The van der Waals surface area contributed by atoms with E-state index in [0.29, 0.717) is 6.61 Å². The van der Waals surface area contributed by atoms with Gasteiger partial charge < -0.3 is 9.30 Å². The zero-order chi connectivity index (χ0) is 20.2. The number of aromatic nitrogens is 3. The van der Waals surface area contributed by atoms with Crippen LogP contribution in [0.3, 0.4) is 0 Å². The Bertz CT molecular complexity index is 761. The highest BCUT2D eigenvalue weighted by Crippen LogP contribution is 2.22. The van der Waals surface area contributed by atoms with E-state index < -0.39 is 32.3 Å². The topological polar surface area (TPSA) is 39.9 Å². The van der Waals surface area contributed by atoms with Crippen LogP contribution in [0.25, 0.3) is 0 Å². The lowest BCUT2D eigenvalue weighted by Gasteiger charge is -2.16. The van der Waals surface area contributed by atoms with Gasteiger partial charge in [-0.05, 0) is 17.7 Å². The van der Waals surface area contributed by atoms with E-state index in [1.807, 2.05) is 0 Å². The summed E-state index contributed by atoms with van der Waals surface area (Å²) in [5.74, 6) is -1.02. The third-order valence-electron chi connectivity index (χ3n) is 3.60. The van der Waals surface area contributed by atoms with Crippen molar-refractivity contribution in [2.75, 3.05) is 6.61 Å². The van der Waals surface area contributed by atoms with Crippen molar-refractivity contribution in [3.05, 3.63) is 47.6 Å². The smallest absolute Gasteiger partial charge is 0.361 e. The zero-order valence-corrected chi connectivity index (χ0v) is 16.0. The van der Waals surface area contributed by atoms with Crippen LogP contribution in [-0.4, -0.2) is 35.4 Å². The molecule has 0 bridgehead atoms. The molecule has 0 saturated heterocycles. The highest BCUT2D eigenvalue weighted by Gasteiger charge is 2.30. The first-order chi connectivity index (χ1) is 12.5. The van der Waals surface area contributed by atoms with E-state index in [2.05, 4.69) is 29.6 Å². The van der Waals surface area contributed by atoms with Gasteiger partial charge in [0.05, 0.1) is 11.9 Å². The predicted molar refractivity (Wildman–Crippen MR) is 93.1 cm³/mol. The molecular formula is C17H23F4N3OSi. The molecule has 0 aliphatic rings. The Morgan fingerprint density at radius 1 is 1.31 bits per heavy atom. The molecule has 0 aliphatic heterocycles. The third kappa shape index (κ3) is 6.87. The average molecular weight is 390 g/mol. The van der Waals surface area contributed by atoms with Crippen LogP contribution < -0.4 is 0 Å². The molecule has 0 N–H and O–H groups in total. The van der Waals surface area contributed by atoms with Gasteiger partial charge in [-0.2, -0.15) is 13.2 Å². The van der Waals surface area contributed by atoms with Gasteiger partial charge in [0.2, 0.25) is 0 Å². The average Bonchev–Trinajstić information content (AvgIpc) is 2.94. The number of nitrogens with zero attached hydrogens (tertiary/aromatic N) is 3. The van der Waals surface area contributed by atoms with Crippen molar-refractivity contribution in [3.63, 3.8) is 0 Å². The summed E-state index contributed by atoms with van der Waals surface area (Å²) in [7, 11) is -1.33. The fourth-order valence-corrected chi connectivity index (χ4v) is 2.98. The fraction of sp³-hybridized carbons (Fsp3) is 0.529. The molecule has 1 atom stereocenters. The van der Waals surface area contributed by atoms with E-state index in [1.165, 1.54) is 23.0 Å². The molecule has 0 aromatic carbocycles. The lowest BCUT2D eigenvalue weighted by molar-refractivity contribution is -0.129. The molecular weight excluding hydrogens is 366 g/mol. The van der Waals surface area contributed by atoms with Gasteiger partial charge >= 0.3 is 6.18 Å². The van der Waals surface area contributed by atoms with Gasteiger partial charge in [0.25, 0.3) is 0 Å². The summed E-state index contributed by atoms with van der Waals surface area (Å²) in [6, 6.07) is 2.32. The summed E-state index contributed by atoms with van der Waals surface area (Å²) in [5, 5.41) is 0. The molecule has 144 valence electrons. The second-order valence-corrected chi connectivity index (χ2v) is 12.9. The minimum atomic E-state index is -4.75. The van der Waals surface area contributed by atoms with Crippen LogP contribution in [-0.2, 0) is 24.3 Å². The van der Waals surface area contributed by atoms with Crippen molar-refractivity contribution in [2.45, 2.75) is 51.4 Å². The summed E-state index contributed by atoms with van der Waals surface area (Å²) in [6.07, 6.45) is -3.41. The maximum atomic E-state index is 13.8.